The lowest BCUT2D eigenvalue weighted by Crippen LogP contribution is -2.31. The largest absolute Gasteiger partial charge is 0.297 e. The molecule has 0 heterocycles. The second kappa shape index (κ2) is 10.2. The van der Waals surface area contributed by atoms with Gasteiger partial charge in [0.2, 0.25) is 0 Å². The van der Waals surface area contributed by atoms with E-state index in [1.54, 1.807) is 0 Å². The van der Waals surface area contributed by atoms with Crippen molar-refractivity contribution in [2.45, 2.75) is 67.7 Å². The third-order valence-electron chi connectivity index (χ3n) is 5.73. The predicted octanol–water partition coefficient (Wildman–Crippen LogP) is 6.93. The molecular weight excluding hydrogens is 462 g/mol. The maximum Gasteiger partial charge on any atom is 0.0277 e. The fraction of sp³-hybridized carbons (Fsp3) is 0.500. The number of aryl methyl sites for hydroxylation is 1. The average molecular weight is 493 g/mol. The van der Waals surface area contributed by atoms with E-state index < -0.39 is 0 Å². The van der Waals surface area contributed by atoms with Crippen LogP contribution in [0.1, 0.15) is 55.7 Å². The van der Waals surface area contributed by atoms with Crippen LogP contribution in [0.4, 0.5) is 0 Å². The minimum absolute atomic E-state index is 0.573. The summed E-state index contributed by atoms with van der Waals surface area (Å²) in [6.45, 7) is 6.79. The molecule has 2 unspecified atom stereocenters. The number of halogens is 2. The summed E-state index contributed by atoms with van der Waals surface area (Å²) < 4.78 is 0. The molecule has 1 fully saturated rings. The van der Waals surface area contributed by atoms with Crippen molar-refractivity contribution in [2.24, 2.45) is 0 Å². The van der Waals surface area contributed by atoms with Gasteiger partial charge in [0.25, 0.3) is 0 Å². The molecule has 0 radical (unpaired) electrons. The Balaban J connectivity index is 1.49. The summed E-state index contributed by atoms with van der Waals surface area (Å²) in [5.74, 6) is 0.690. The summed E-state index contributed by atoms with van der Waals surface area (Å²) in [4.78, 5) is 3.79. The van der Waals surface area contributed by atoms with E-state index in [0.29, 0.717) is 21.6 Å². The maximum absolute atomic E-state index is 3.79. The molecule has 1 saturated carbocycles. The number of nitrogens with zero attached hydrogens (tertiary/aromatic N) is 1. The molecule has 0 saturated heterocycles. The maximum atomic E-state index is 3.79. The van der Waals surface area contributed by atoms with Crippen molar-refractivity contribution in [3.63, 3.8) is 0 Å². The number of rotatable bonds is 8. The Labute approximate surface area is 181 Å². The minimum Gasteiger partial charge on any atom is -0.297 e. The highest BCUT2D eigenvalue weighted by molar-refractivity contribution is 9.12. The van der Waals surface area contributed by atoms with Gasteiger partial charge in [0.15, 0.2) is 0 Å². The van der Waals surface area contributed by atoms with E-state index in [1.165, 1.54) is 36.0 Å². The fourth-order valence-corrected chi connectivity index (χ4v) is 5.32. The molecule has 2 aromatic rings. The summed E-state index contributed by atoms with van der Waals surface area (Å²) >= 11 is 7.57. The van der Waals surface area contributed by atoms with Gasteiger partial charge in [-0.25, -0.2) is 0 Å². The van der Waals surface area contributed by atoms with E-state index >= 15 is 0 Å². The summed E-state index contributed by atoms with van der Waals surface area (Å²) in [6.07, 6.45) is 4.84. The van der Waals surface area contributed by atoms with Crippen LogP contribution in [0.5, 0.6) is 0 Å². The van der Waals surface area contributed by atoms with Crippen molar-refractivity contribution >= 4 is 31.9 Å². The number of hydrogen-bond acceptors (Lipinski definition) is 1. The molecule has 2 atom stereocenters. The van der Waals surface area contributed by atoms with Gasteiger partial charge in [0, 0.05) is 22.2 Å². The van der Waals surface area contributed by atoms with Crippen molar-refractivity contribution in [2.75, 3.05) is 6.54 Å². The van der Waals surface area contributed by atoms with E-state index in [4.69, 9.17) is 0 Å². The second-order valence-electron chi connectivity index (χ2n) is 8.10. The molecule has 0 aromatic heterocycles. The van der Waals surface area contributed by atoms with Gasteiger partial charge >= 0.3 is 0 Å². The van der Waals surface area contributed by atoms with Crippen LogP contribution in [-0.2, 0) is 13.0 Å². The molecule has 3 heteroatoms. The monoisotopic (exact) mass is 491 g/mol. The number of hydrogen-bond donors (Lipinski definition) is 0. The zero-order valence-electron chi connectivity index (χ0n) is 16.5. The van der Waals surface area contributed by atoms with Gasteiger partial charge in [-0.15, -0.1) is 0 Å². The van der Waals surface area contributed by atoms with Gasteiger partial charge in [0.1, 0.15) is 0 Å². The zero-order chi connectivity index (χ0) is 19.2. The number of benzene rings is 2. The van der Waals surface area contributed by atoms with E-state index in [2.05, 4.69) is 105 Å². The molecule has 0 N–H and O–H groups in total. The lowest BCUT2D eigenvalue weighted by Gasteiger charge is -2.26. The Morgan fingerprint density at radius 2 is 1.52 bits per heavy atom. The highest BCUT2D eigenvalue weighted by atomic mass is 79.9. The molecular formula is C24H31Br2N. The first-order valence-corrected chi connectivity index (χ1v) is 12.0. The van der Waals surface area contributed by atoms with E-state index in [9.17, 15) is 0 Å². The summed E-state index contributed by atoms with van der Waals surface area (Å²) in [6, 6.07) is 20.8. The lowest BCUT2D eigenvalue weighted by atomic mass is 9.96. The van der Waals surface area contributed by atoms with Crippen molar-refractivity contribution in [3.8, 4) is 0 Å². The molecule has 0 amide bonds. The first kappa shape index (κ1) is 21.1. The van der Waals surface area contributed by atoms with Crippen LogP contribution >= 0.6 is 31.9 Å². The summed E-state index contributed by atoms with van der Waals surface area (Å²) in [7, 11) is 0. The minimum atomic E-state index is 0.573. The molecule has 27 heavy (non-hydrogen) atoms. The molecule has 2 aromatic carbocycles. The predicted molar refractivity (Wildman–Crippen MR) is 124 cm³/mol. The standard InChI is InChI=1S/C24H31Br2N/c1-18(2)27(17-20-7-4-3-5-8-20)14-6-9-19-10-12-21(13-11-19)22-15-23(25)24(26)16-22/h3-5,7-8,10-13,18,22-24H,6,9,14-17H2,1-2H3. The second-order valence-corrected chi connectivity index (χ2v) is 10.4. The van der Waals surface area contributed by atoms with Gasteiger partial charge in [-0.05, 0) is 68.7 Å². The first-order valence-electron chi connectivity index (χ1n) is 10.2. The van der Waals surface area contributed by atoms with E-state index in [0.717, 1.165) is 19.5 Å². The van der Waals surface area contributed by atoms with Crippen LogP contribution in [-0.4, -0.2) is 27.1 Å². The normalized spacial score (nSPS) is 22.7. The number of alkyl halides is 2. The van der Waals surface area contributed by atoms with Crippen LogP contribution in [0.3, 0.4) is 0 Å². The van der Waals surface area contributed by atoms with Crippen LogP contribution in [0.15, 0.2) is 54.6 Å². The van der Waals surface area contributed by atoms with Crippen LogP contribution in [0.2, 0.25) is 0 Å². The van der Waals surface area contributed by atoms with Gasteiger partial charge < -0.3 is 0 Å². The Bertz CT molecular complexity index is 673. The van der Waals surface area contributed by atoms with Gasteiger partial charge in [-0.2, -0.15) is 0 Å². The van der Waals surface area contributed by atoms with E-state index in [-0.39, 0.29) is 0 Å². The average Bonchev–Trinajstić information content (AvgIpc) is 3.01. The Morgan fingerprint density at radius 1 is 0.889 bits per heavy atom. The van der Waals surface area contributed by atoms with E-state index in [1.807, 2.05) is 0 Å². The topological polar surface area (TPSA) is 3.24 Å². The lowest BCUT2D eigenvalue weighted by molar-refractivity contribution is 0.210. The highest BCUT2D eigenvalue weighted by Crippen LogP contribution is 2.41. The third kappa shape index (κ3) is 6.17. The van der Waals surface area contributed by atoms with Crippen molar-refractivity contribution in [1.29, 1.82) is 0 Å². The zero-order valence-corrected chi connectivity index (χ0v) is 19.6. The van der Waals surface area contributed by atoms with Crippen LogP contribution in [0.25, 0.3) is 0 Å². The highest BCUT2D eigenvalue weighted by Gasteiger charge is 2.31. The van der Waals surface area contributed by atoms with Gasteiger partial charge in [-0.1, -0.05) is 86.5 Å². The Kier molecular flexibility index (Phi) is 7.98. The summed E-state index contributed by atoms with van der Waals surface area (Å²) in [5.41, 5.74) is 4.37. The molecule has 1 nitrogen and oxygen atoms in total. The van der Waals surface area contributed by atoms with Gasteiger partial charge in [0.05, 0.1) is 0 Å². The SMILES string of the molecule is CC(C)N(CCCc1ccc(C2CC(Br)C(Br)C2)cc1)Cc1ccccc1. The Hall–Kier alpha value is -0.640. The summed E-state index contributed by atoms with van der Waals surface area (Å²) in [5, 5.41) is 0. The molecule has 0 spiro atoms. The van der Waals surface area contributed by atoms with Crippen molar-refractivity contribution < 1.29 is 0 Å². The first-order chi connectivity index (χ1) is 13.0. The third-order valence-corrected chi connectivity index (χ3v) is 8.47. The fourth-order valence-electron chi connectivity index (χ4n) is 3.99. The molecule has 1 aliphatic rings. The molecule has 1 aliphatic carbocycles. The molecule has 146 valence electrons. The molecule has 0 aliphatic heterocycles. The van der Waals surface area contributed by atoms with Gasteiger partial charge in [-0.3, -0.25) is 4.90 Å². The molecule has 3 rings (SSSR count). The Morgan fingerprint density at radius 3 is 2.11 bits per heavy atom. The van der Waals surface area contributed by atoms with Crippen molar-refractivity contribution in [3.05, 3.63) is 71.3 Å². The smallest absolute Gasteiger partial charge is 0.0277 e. The van der Waals surface area contributed by atoms with Crippen LogP contribution < -0.4 is 0 Å². The van der Waals surface area contributed by atoms with Crippen molar-refractivity contribution in [1.82, 2.24) is 4.90 Å². The quantitative estimate of drug-likeness (QED) is 0.361. The molecule has 0 bridgehead atoms. The van der Waals surface area contributed by atoms with Crippen LogP contribution in [0, 0.1) is 0 Å².